The topological polar surface area (TPSA) is 125 Å². The number of unbranched alkanes of at least 4 members (excludes halogenated alkanes) is 9. The summed E-state index contributed by atoms with van der Waals surface area (Å²) in [7, 11) is -5.30. The van der Waals surface area contributed by atoms with Gasteiger partial charge in [0.05, 0.1) is 14.4 Å². The predicted molar refractivity (Wildman–Crippen MR) is 160 cm³/mol. The van der Waals surface area contributed by atoms with Crippen LogP contribution in [0.15, 0.2) is 0 Å². The van der Waals surface area contributed by atoms with E-state index >= 15 is 0 Å². The smallest absolute Gasteiger partial charge is 0.790 e. The molecular weight excluding hydrogens is 561 g/mol. The van der Waals surface area contributed by atoms with Crippen LogP contribution < -0.4 is 68.9 Å². The van der Waals surface area contributed by atoms with E-state index in [0.29, 0.717) is 6.42 Å². The molecule has 0 aliphatic carbocycles. The van der Waals surface area contributed by atoms with E-state index in [4.69, 9.17) is 15.9 Å². The Balaban J connectivity index is -0.0000000928. The van der Waals surface area contributed by atoms with Crippen LogP contribution in [0.3, 0.4) is 0 Å². The number of phosphoric ester groups is 1. The minimum Gasteiger partial charge on any atom is -0.790 e. The number of ether oxygens (including phenoxy) is 2. The molecule has 8 nitrogen and oxygen atoms in total. The third-order valence-electron chi connectivity index (χ3n) is 4.46. The molecule has 0 aliphatic heterocycles. The molecular formula is C27H51Na2O8PS. The molecule has 0 N–H and O–H groups in total. The SMILES string of the molecule is C#CC#CC#CC#CC#CC(=O)OC[C@@H](COP(=O)([O-])[O-])OC(=O)CCCCCCCCCCCC.S.[HH].[HH].[HH].[HH].[HH].[HH].[HH].[HH].[HH].[Na+].[Na+]. The molecule has 12 heteroatoms. The largest absolute Gasteiger partial charge is 1.00 e. The van der Waals surface area contributed by atoms with Gasteiger partial charge in [-0.15, -0.1) is 6.42 Å². The van der Waals surface area contributed by atoms with Crippen LogP contribution in [0, 0.1) is 59.7 Å². The first-order valence-corrected chi connectivity index (χ1v) is 13.2. The van der Waals surface area contributed by atoms with Gasteiger partial charge in [-0.2, -0.15) is 13.5 Å². The Morgan fingerprint density at radius 1 is 0.821 bits per heavy atom. The molecule has 0 aromatic rings. The van der Waals surface area contributed by atoms with E-state index in [2.05, 4.69) is 64.7 Å². The molecule has 0 heterocycles. The number of hydrogen-bond acceptors (Lipinski definition) is 8. The van der Waals surface area contributed by atoms with Crippen LogP contribution in [-0.2, 0) is 28.2 Å². The molecule has 0 saturated carbocycles. The number of esters is 2. The summed E-state index contributed by atoms with van der Waals surface area (Å²) in [4.78, 5) is 45.3. The summed E-state index contributed by atoms with van der Waals surface area (Å²) in [5.74, 6) is 18.6. The van der Waals surface area contributed by atoms with Crippen LogP contribution in [0.5, 0.6) is 0 Å². The minimum absolute atomic E-state index is 0. The normalized spacial score (nSPS) is 9.59. The van der Waals surface area contributed by atoms with Crippen LogP contribution >= 0.6 is 21.3 Å². The first kappa shape index (κ1) is 45.2. The minimum atomic E-state index is -5.30. The Labute approximate surface area is 297 Å². The quantitative estimate of drug-likeness (QED) is 0.0490. The molecule has 0 aromatic heterocycles. The molecule has 39 heavy (non-hydrogen) atoms. The van der Waals surface area contributed by atoms with Crippen molar-refractivity contribution in [3.63, 3.8) is 0 Å². The second kappa shape index (κ2) is 31.7. The number of rotatable bonds is 17. The van der Waals surface area contributed by atoms with Crippen LogP contribution in [0.1, 0.15) is 90.4 Å². The second-order valence-corrected chi connectivity index (χ2v) is 8.68. The van der Waals surface area contributed by atoms with Crippen LogP contribution in [0.2, 0.25) is 0 Å². The van der Waals surface area contributed by atoms with E-state index in [1.807, 2.05) is 0 Å². The fourth-order valence-corrected chi connectivity index (χ4v) is 3.12. The van der Waals surface area contributed by atoms with Gasteiger partial charge in [-0.1, -0.05) is 64.7 Å². The summed E-state index contributed by atoms with van der Waals surface area (Å²) < 4.78 is 24.8. The van der Waals surface area contributed by atoms with Gasteiger partial charge in [0.25, 0.3) is 0 Å². The summed E-state index contributed by atoms with van der Waals surface area (Å²) in [5.41, 5.74) is 0. The molecule has 0 radical (unpaired) electrons. The van der Waals surface area contributed by atoms with E-state index in [9.17, 15) is 23.9 Å². The monoisotopic (exact) mass is 612 g/mol. The fourth-order valence-electron chi connectivity index (χ4n) is 2.77. The zero-order valence-corrected chi connectivity index (χ0v) is 29.0. The van der Waals surface area contributed by atoms with Gasteiger partial charge in [-0.05, 0) is 53.8 Å². The van der Waals surface area contributed by atoms with E-state index in [1.54, 1.807) is 0 Å². The third kappa shape index (κ3) is 35.2. The van der Waals surface area contributed by atoms with Crippen LogP contribution in [0.25, 0.3) is 0 Å². The first-order chi connectivity index (χ1) is 17.3. The van der Waals surface area contributed by atoms with Gasteiger partial charge in [-0.3, -0.25) is 4.79 Å². The molecule has 0 rings (SSSR count). The van der Waals surface area contributed by atoms with Crippen molar-refractivity contribution >= 4 is 33.3 Å². The number of carbonyl (C=O) groups is 2. The number of hydrogen-bond donors (Lipinski definition) is 0. The Kier molecular flexibility index (Phi) is 36.8. The van der Waals surface area contributed by atoms with Gasteiger partial charge in [0.15, 0.2) is 6.10 Å². The zero-order chi connectivity index (χ0) is 26.9. The van der Waals surface area contributed by atoms with Crippen molar-refractivity contribution in [3.05, 3.63) is 0 Å². The summed E-state index contributed by atoms with van der Waals surface area (Å²) in [6, 6.07) is 0. The Morgan fingerprint density at radius 3 is 1.82 bits per heavy atom. The van der Waals surface area contributed by atoms with Gasteiger partial charge in [0, 0.05) is 25.2 Å². The van der Waals surface area contributed by atoms with Crippen molar-refractivity contribution < 1.29 is 110 Å². The molecule has 0 saturated heterocycles. The third-order valence-corrected chi connectivity index (χ3v) is 4.93. The van der Waals surface area contributed by atoms with Gasteiger partial charge in [0.2, 0.25) is 0 Å². The molecule has 1 atom stereocenters. The van der Waals surface area contributed by atoms with Crippen molar-refractivity contribution in [2.75, 3.05) is 13.2 Å². The first-order valence-electron chi connectivity index (χ1n) is 11.8. The summed E-state index contributed by atoms with van der Waals surface area (Å²) in [6.45, 7) is 0.861. The molecule has 0 bridgehead atoms. The maximum atomic E-state index is 12.1. The Morgan fingerprint density at radius 2 is 1.31 bits per heavy atom. The molecule has 220 valence electrons. The van der Waals surface area contributed by atoms with Gasteiger partial charge >= 0.3 is 71.1 Å². The Bertz CT molecular complexity index is 1060. The molecule has 0 fully saturated rings. The van der Waals surface area contributed by atoms with Gasteiger partial charge < -0.3 is 28.3 Å². The molecule has 0 aliphatic rings. The Hall–Kier alpha value is -0.800. The summed E-state index contributed by atoms with van der Waals surface area (Å²) in [6.07, 6.45) is 14.7. The second-order valence-electron chi connectivity index (χ2n) is 7.53. The molecule has 0 spiro atoms. The van der Waals surface area contributed by atoms with Crippen LogP contribution in [-0.4, -0.2) is 31.3 Å². The zero-order valence-electron chi connectivity index (χ0n) is 23.1. The predicted octanol–water partition coefficient (Wildman–Crippen LogP) is -1.42. The number of terminal acetylenes is 1. The maximum absolute atomic E-state index is 12.1. The number of phosphoric acid groups is 1. The molecule has 0 unspecified atom stereocenters. The number of carbonyl (C=O) groups excluding carboxylic acids is 2. The average molecular weight is 613 g/mol. The maximum Gasteiger partial charge on any atom is 1.00 e. The van der Waals surface area contributed by atoms with Gasteiger partial charge in [-0.25, -0.2) is 4.79 Å². The summed E-state index contributed by atoms with van der Waals surface area (Å²) >= 11 is 0. The van der Waals surface area contributed by atoms with E-state index in [1.165, 1.54) is 38.5 Å². The fraction of sp³-hybridized carbons (Fsp3) is 0.556. The van der Waals surface area contributed by atoms with Crippen molar-refractivity contribution in [1.29, 1.82) is 0 Å². The van der Waals surface area contributed by atoms with Crippen molar-refractivity contribution in [2.24, 2.45) is 0 Å². The molecule has 0 amide bonds. The summed E-state index contributed by atoms with van der Waals surface area (Å²) in [5, 5.41) is 0. The van der Waals surface area contributed by atoms with Crippen LogP contribution in [0.4, 0.5) is 0 Å². The van der Waals surface area contributed by atoms with E-state index < -0.39 is 39.1 Å². The average Bonchev–Trinajstić information content (AvgIpc) is 2.83. The standard InChI is InChI=1S/C27H33O8P.2Na.H2S.9H2/c1-3-5-7-9-11-13-14-16-18-20-22-27(29)35-25(24-34-36(30,31)32)23-33-26(28)21-19-17-15-12-10-8-6-4-2;;;;;;;;;;;;/h2,25H,3,5,7,9,11,13-14,16,18,20,22-24H2,1H3,(H2,30,31,32);;;1H2;9*1H/q;2*+1;;;;;;;;;;/p-2/t25-;;;;;;;;;;;;/m0............/s1. The van der Waals surface area contributed by atoms with E-state index in [0.717, 1.165) is 19.3 Å². The van der Waals surface area contributed by atoms with Gasteiger partial charge in [0.1, 0.15) is 6.61 Å². The van der Waals surface area contributed by atoms with Crippen molar-refractivity contribution in [2.45, 2.75) is 83.7 Å². The van der Waals surface area contributed by atoms with E-state index in [-0.39, 0.29) is 91.9 Å². The molecule has 0 aromatic carbocycles. The van der Waals surface area contributed by atoms with Crippen molar-refractivity contribution in [3.8, 4) is 59.7 Å². The van der Waals surface area contributed by atoms with Crippen molar-refractivity contribution in [1.82, 2.24) is 0 Å².